The topological polar surface area (TPSA) is 61.4 Å². The van der Waals surface area contributed by atoms with Gasteiger partial charge in [-0.2, -0.15) is 0 Å². The van der Waals surface area contributed by atoms with Crippen molar-refractivity contribution in [1.29, 1.82) is 0 Å². The molecule has 21 heavy (non-hydrogen) atoms. The van der Waals surface area contributed by atoms with Crippen molar-refractivity contribution >= 4 is 21.6 Å². The molecule has 1 aromatic carbocycles. The Morgan fingerprint density at radius 1 is 1.29 bits per heavy atom. The number of likely N-dealkylation sites (N-methyl/N-ethyl adjacent to an activating group) is 1. The van der Waals surface area contributed by atoms with Crippen LogP contribution in [-0.2, 0) is 16.6 Å². The van der Waals surface area contributed by atoms with Gasteiger partial charge in [0.15, 0.2) is 0 Å². The molecular formula is C14H24ClN3O2S. The van der Waals surface area contributed by atoms with Crippen molar-refractivity contribution in [3.63, 3.8) is 0 Å². The van der Waals surface area contributed by atoms with Crippen LogP contribution in [0.3, 0.4) is 0 Å². The fraction of sp³-hybridized carbons (Fsp3) is 0.571. The molecule has 0 amide bonds. The monoisotopic (exact) mass is 333 g/mol. The summed E-state index contributed by atoms with van der Waals surface area (Å²) in [4.78, 5) is 2.29. The molecule has 120 valence electrons. The average Bonchev–Trinajstić information content (AvgIpc) is 2.45. The minimum atomic E-state index is -3.49. The van der Waals surface area contributed by atoms with E-state index in [9.17, 15) is 8.42 Å². The zero-order valence-corrected chi connectivity index (χ0v) is 14.4. The molecule has 0 aromatic heterocycles. The third-order valence-electron chi connectivity index (χ3n) is 3.22. The molecule has 0 radical (unpaired) electrons. The maximum absolute atomic E-state index is 12.2. The van der Waals surface area contributed by atoms with Crippen LogP contribution in [0.5, 0.6) is 0 Å². The quantitative estimate of drug-likeness (QED) is 0.722. The second-order valence-corrected chi connectivity index (χ2v) is 7.00. The summed E-state index contributed by atoms with van der Waals surface area (Å²) in [7, 11) is -1.54. The van der Waals surface area contributed by atoms with Gasteiger partial charge in [-0.1, -0.05) is 25.4 Å². The number of benzene rings is 1. The van der Waals surface area contributed by atoms with Gasteiger partial charge >= 0.3 is 0 Å². The molecule has 0 aliphatic rings. The Morgan fingerprint density at radius 3 is 2.62 bits per heavy atom. The third kappa shape index (κ3) is 5.92. The maximum atomic E-state index is 12.2. The molecule has 0 saturated carbocycles. The van der Waals surface area contributed by atoms with E-state index in [2.05, 4.69) is 10.0 Å². The van der Waals surface area contributed by atoms with Crippen molar-refractivity contribution in [3.05, 3.63) is 28.8 Å². The summed E-state index contributed by atoms with van der Waals surface area (Å²) in [6, 6.07) is 4.78. The number of hydrogen-bond acceptors (Lipinski definition) is 4. The lowest BCUT2D eigenvalue weighted by Crippen LogP contribution is -2.33. The summed E-state index contributed by atoms with van der Waals surface area (Å²) in [6.07, 6.45) is 0. The predicted octanol–water partition coefficient (Wildman–Crippen LogP) is 1.68. The van der Waals surface area contributed by atoms with Gasteiger partial charge in [0.1, 0.15) is 0 Å². The molecule has 0 fully saturated rings. The van der Waals surface area contributed by atoms with Gasteiger partial charge in [0.05, 0.1) is 4.90 Å². The van der Waals surface area contributed by atoms with Gasteiger partial charge in [-0.15, -0.1) is 0 Å². The highest BCUT2D eigenvalue weighted by molar-refractivity contribution is 7.89. The van der Waals surface area contributed by atoms with Gasteiger partial charge in [0, 0.05) is 24.7 Å². The number of rotatable bonds is 9. The summed E-state index contributed by atoms with van der Waals surface area (Å²) in [5.74, 6) is 0. The highest BCUT2D eigenvalue weighted by Gasteiger charge is 2.15. The SMILES string of the molecule is CCNCc1cc(S(=O)(=O)NCCN(C)CC)ccc1Cl. The van der Waals surface area contributed by atoms with E-state index in [1.165, 1.54) is 6.07 Å². The van der Waals surface area contributed by atoms with E-state index in [0.717, 1.165) is 18.7 Å². The molecule has 2 N–H and O–H groups in total. The summed E-state index contributed by atoms with van der Waals surface area (Å²) < 4.78 is 27.1. The molecule has 5 nitrogen and oxygen atoms in total. The lowest BCUT2D eigenvalue weighted by Gasteiger charge is -2.14. The van der Waals surface area contributed by atoms with Crippen LogP contribution in [0.2, 0.25) is 5.02 Å². The van der Waals surface area contributed by atoms with E-state index in [-0.39, 0.29) is 4.90 Å². The van der Waals surface area contributed by atoms with E-state index in [1.54, 1.807) is 12.1 Å². The van der Waals surface area contributed by atoms with Crippen molar-refractivity contribution < 1.29 is 8.42 Å². The molecular weight excluding hydrogens is 310 g/mol. The molecule has 0 heterocycles. The van der Waals surface area contributed by atoms with Crippen molar-refractivity contribution in [2.75, 3.05) is 33.2 Å². The maximum Gasteiger partial charge on any atom is 0.240 e. The van der Waals surface area contributed by atoms with E-state index in [0.29, 0.717) is 24.7 Å². The minimum Gasteiger partial charge on any atom is -0.313 e. The number of nitrogens with one attached hydrogen (secondary N) is 2. The van der Waals surface area contributed by atoms with Gasteiger partial charge in [0.2, 0.25) is 10.0 Å². The molecule has 1 aromatic rings. The Balaban J connectivity index is 2.78. The smallest absolute Gasteiger partial charge is 0.240 e. The first-order valence-electron chi connectivity index (χ1n) is 7.08. The standard InChI is InChI=1S/C14H24ClN3O2S/c1-4-16-11-12-10-13(6-7-14(12)15)21(19,20)17-8-9-18(3)5-2/h6-7,10,16-17H,4-5,8-9,11H2,1-3H3. The first-order valence-corrected chi connectivity index (χ1v) is 8.94. The van der Waals surface area contributed by atoms with Crippen LogP contribution in [0.15, 0.2) is 23.1 Å². The van der Waals surface area contributed by atoms with Gasteiger partial charge in [-0.3, -0.25) is 0 Å². The number of halogens is 1. The van der Waals surface area contributed by atoms with Crippen LogP contribution >= 0.6 is 11.6 Å². The summed E-state index contributed by atoms with van der Waals surface area (Å²) in [5, 5.41) is 3.71. The van der Waals surface area contributed by atoms with E-state index in [1.807, 2.05) is 25.8 Å². The second-order valence-electron chi connectivity index (χ2n) is 4.83. The summed E-state index contributed by atoms with van der Waals surface area (Å²) in [6.45, 7) is 7.31. The fourth-order valence-corrected chi connectivity index (χ4v) is 2.98. The molecule has 0 atom stereocenters. The zero-order valence-electron chi connectivity index (χ0n) is 12.8. The van der Waals surface area contributed by atoms with Crippen molar-refractivity contribution in [1.82, 2.24) is 14.9 Å². The van der Waals surface area contributed by atoms with Gasteiger partial charge in [0.25, 0.3) is 0 Å². The molecule has 0 aliphatic heterocycles. The van der Waals surface area contributed by atoms with Crippen LogP contribution in [0.1, 0.15) is 19.4 Å². The Labute approximate surface area is 132 Å². The Morgan fingerprint density at radius 2 is 2.00 bits per heavy atom. The Hall–Kier alpha value is -0.660. The molecule has 0 spiro atoms. The van der Waals surface area contributed by atoms with E-state index < -0.39 is 10.0 Å². The first-order chi connectivity index (χ1) is 9.90. The van der Waals surface area contributed by atoms with Gasteiger partial charge in [-0.25, -0.2) is 13.1 Å². The molecule has 7 heteroatoms. The van der Waals surface area contributed by atoms with Gasteiger partial charge in [-0.05, 0) is 43.9 Å². The lowest BCUT2D eigenvalue weighted by molar-refractivity contribution is 0.358. The molecule has 0 saturated heterocycles. The van der Waals surface area contributed by atoms with E-state index >= 15 is 0 Å². The zero-order chi connectivity index (χ0) is 15.9. The van der Waals surface area contributed by atoms with Crippen molar-refractivity contribution in [3.8, 4) is 0 Å². The molecule has 0 aliphatic carbocycles. The minimum absolute atomic E-state index is 0.249. The molecule has 0 unspecified atom stereocenters. The highest BCUT2D eigenvalue weighted by Crippen LogP contribution is 2.20. The Kier molecular flexibility index (Phi) is 7.62. The first kappa shape index (κ1) is 18.4. The van der Waals surface area contributed by atoms with E-state index in [4.69, 9.17) is 11.6 Å². The second kappa shape index (κ2) is 8.70. The third-order valence-corrected chi connectivity index (χ3v) is 5.05. The largest absolute Gasteiger partial charge is 0.313 e. The number of sulfonamides is 1. The van der Waals surface area contributed by atoms with Crippen molar-refractivity contribution in [2.24, 2.45) is 0 Å². The highest BCUT2D eigenvalue weighted by atomic mass is 35.5. The van der Waals surface area contributed by atoms with Gasteiger partial charge < -0.3 is 10.2 Å². The summed E-state index contributed by atoms with van der Waals surface area (Å²) in [5.41, 5.74) is 0.784. The number of hydrogen-bond donors (Lipinski definition) is 2. The van der Waals surface area contributed by atoms with Crippen molar-refractivity contribution in [2.45, 2.75) is 25.3 Å². The summed E-state index contributed by atoms with van der Waals surface area (Å²) >= 11 is 6.08. The average molecular weight is 334 g/mol. The normalized spacial score (nSPS) is 12.0. The van der Waals surface area contributed by atoms with Crippen LogP contribution in [0.4, 0.5) is 0 Å². The van der Waals surface area contributed by atoms with Crippen LogP contribution in [0, 0.1) is 0 Å². The predicted molar refractivity (Wildman–Crippen MR) is 87.2 cm³/mol. The lowest BCUT2D eigenvalue weighted by atomic mass is 10.2. The molecule has 1 rings (SSSR count). The van der Waals surface area contributed by atoms with Crippen LogP contribution < -0.4 is 10.0 Å². The van der Waals surface area contributed by atoms with Crippen LogP contribution in [0.25, 0.3) is 0 Å². The fourth-order valence-electron chi connectivity index (χ4n) is 1.73. The molecule has 0 bridgehead atoms. The van der Waals surface area contributed by atoms with Crippen LogP contribution in [-0.4, -0.2) is 46.5 Å². The number of nitrogens with zero attached hydrogens (tertiary/aromatic N) is 1. The Bertz CT molecular complexity index is 549.